The third-order valence-electron chi connectivity index (χ3n) is 3.83. The normalized spacial score (nSPS) is 12.7. The van der Waals surface area contributed by atoms with Gasteiger partial charge in [0.2, 0.25) is 0 Å². The molecule has 4 rings (SSSR count). The lowest BCUT2D eigenvalue weighted by molar-refractivity contribution is 0.171. The molecule has 24 heavy (non-hydrogen) atoms. The molecule has 2 heterocycles. The van der Waals surface area contributed by atoms with Crippen LogP contribution in [0.25, 0.3) is 10.9 Å². The van der Waals surface area contributed by atoms with Gasteiger partial charge in [0, 0.05) is 17.1 Å². The van der Waals surface area contributed by atoms with E-state index < -0.39 is 0 Å². The summed E-state index contributed by atoms with van der Waals surface area (Å²) in [4.78, 5) is 0. The summed E-state index contributed by atoms with van der Waals surface area (Å²) in [7, 11) is 0. The van der Waals surface area contributed by atoms with E-state index in [4.69, 9.17) is 9.47 Å². The lowest BCUT2D eigenvalue weighted by Gasteiger charge is -2.19. The van der Waals surface area contributed by atoms with Gasteiger partial charge in [0.05, 0.1) is 11.2 Å². The first-order valence-corrected chi connectivity index (χ1v) is 7.58. The molecule has 0 aliphatic carbocycles. The van der Waals surface area contributed by atoms with E-state index in [1.165, 1.54) is 0 Å². The van der Waals surface area contributed by atoms with Crippen LogP contribution in [0.1, 0.15) is 11.3 Å². The van der Waals surface area contributed by atoms with Gasteiger partial charge in [0.25, 0.3) is 0 Å². The molecule has 1 N–H and O–H groups in total. The molecule has 0 amide bonds. The van der Waals surface area contributed by atoms with E-state index in [-0.39, 0.29) is 5.69 Å². The van der Waals surface area contributed by atoms with Crippen LogP contribution in [0.15, 0.2) is 36.4 Å². The Morgan fingerprint density at radius 2 is 1.88 bits per heavy atom. The molecule has 0 saturated carbocycles. The highest BCUT2D eigenvalue weighted by Crippen LogP contribution is 2.35. The summed E-state index contributed by atoms with van der Waals surface area (Å²) in [6, 6.07) is 13.6. The first-order chi connectivity index (χ1) is 11.7. The SMILES string of the molecule is Cc1ccc2nnc(C#N)c(Nc3ccc4c(c3)OCCO4)c2c1. The van der Waals surface area contributed by atoms with Gasteiger partial charge in [-0.1, -0.05) is 11.6 Å². The Labute approximate surface area is 138 Å². The number of nitrogens with one attached hydrogen (secondary N) is 1. The molecule has 0 unspecified atom stereocenters. The minimum atomic E-state index is 0.253. The highest BCUT2D eigenvalue weighted by Gasteiger charge is 2.15. The maximum atomic E-state index is 9.38. The fourth-order valence-electron chi connectivity index (χ4n) is 2.69. The fourth-order valence-corrected chi connectivity index (χ4v) is 2.69. The molecule has 0 spiro atoms. The van der Waals surface area contributed by atoms with E-state index in [0.29, 0.717) is 24.7 Å². The molecule has 6 nitrogen and oxygen atoms in total. The predicted octanol–water partition coefficient (Wildman–Crippen LogP) is 3.32. The maximum absolute atomic E-state index is 9.38. The number of hydrogen-bond donors (Lipinski definition) is 1. The Hall–Kier alpha value is -3.33. The Kier molecular flexibility index (Phi) is 3.39. The minimum absolute atomic E-state index is 0.253. The average molecular weight is 318 g/mol. The van der Waals surface area contributed by atoms with E-state index in [9.17, 15) is 5.26 Å². The summed E-state index contributed by atoms with van der Waals surface area (Å²) in [5.41, 5.74) is 3.52. The highest BCUT2D eigenvalue weighted by atomic mass is 16.6. The standard InChI is InChI=1S/C18H14N4O2/c1-11-2-4-14-13(8-11)18(15(10-19)22-21-14)20-12-3-5-16-17(9-12)24-7-6-23-16/h2-5,8-9H,6-7H2,1H3,(H,20,21). The highest BCUT2D eigenvalue weighted by molar-refractivity contribution is 5.95. The van der Waals surface area contributed by atoms with Gasteiger partial charge in [-0.25, -0.2) is 0 Å². The molecule has 118 valence electrons. The van der Waals surface area contributed by atoms with Crippen molar-refractivity contribution in [3.05, 3.63) is 47.7 Å². The second-order valence-electron chi connectivity index (χ2n) is 5.54. The van der Waals surface area contributed by atoms with E-state index >= 15 is 0 Å². The van der Waals surface area contributed by atoms with Crippen LogP contribution < -0.4 is 14.8 Å². The number of anilines is 2. The van der Waals surface area contributed by atoms with Crippen molar-refractivity contribution in [3.63, 3.8) is 0 Å². The Balaban J connectivity index is 1.81. The number of rotatable bonds is 2. The van der Waals surface area contributed by atoms with Crippen molar-refractivity contribution in [2.45, 2.75) is 6.92 Å². The summed E-state index contributed by atoms with van der Waals surface area (Å²) < 4.78 is 11.1. The molecule has 0 atom stereocenters. The molecule has 3 aromatic rings. The summed E-state index contributed by atoms with van der Waals surface area (Å²) in [5.74, 6) is 1.41. The Bertz CT molecular complexity index is 979. The van der Waals surface area contributed by atoms with Gasteiger partial charge in [-0.2, -0.15) is 5.26 Å². The molecule has 1 aliphatic heterocycles. The van der Waals surface area contributed by atoms with Crippen LogP contribution in [-0.4, -0.2) is 23.4 Å². The van der Waals surface area contributed by atoms with Crippen LogP contribution in [-0.2, 0) is 0 Å². The zero-order valence-electron chi connectivity index (χ0n) is 13.0. The smallest absolute Gasteiger partial charge is 0.187 e. The molecule has 0 bridgehead atoms. The Morgan fingerprint density at radius 1 is 1.04 bits per heavy atom. The van der Waals surface area contributed by atoms with Crippen molar-refractivity contribution in [1.82, 2.24) is 10.2 Å². The molecule has 6 heteroatoms. The van der Waals surface area contributed by atoms with Crippen LogP contribution in [0.3, 0.4) is 0 Å². The molecule has 1 aliphatic rings. The quantitative estimate of drug-likeness (QED) is 0.780. The summed E-state index contributed by atoms with van der Waals surface area (Å²) in [5, 5.41) is 21.6. The number of fused-ring (bicyclic) bond motifs is 2. The van der Waals surface area contributed by atoms with Gasteiger partial charge in [0.1, 0.15) is 19.3 Å². The first kappa shape index (κ1) is 14.3. The van der Waals surface area contributed by atoms with Crippen molar-refractivity contribution >= 4 is 22.3 Å². The fraction of sp³-hybridized carbons (Fsp3) is 0.167. The van der Waals surface area contributed by atoms with Crippen molar-refractivity contribution in [3.8, 4) is 17.6 Å². The summed E-state index contributed by atoms with van der Waals surface area (Å²) in [6.45, 7) is 3.08. The number of hydrogen-bond acceptors (Lipinski definition) is 6. The summed E-state index contributed by atoms with van der Waals surface area (Å²) >= 11 is 0. The zero-order valence-corrected chi connectivity index (χ0v) is 13.0. The molecule has 2 aromatic carbocycles. The van der Waals surface area contributed by atoms with E-state index in [0.717, 1.165) is 27.9 Å². The summed E-state index contributed by atoms with van der Waals surface area (Å²) in [6.07, 6.45) is 0. The number of aryl methyl sites for hydroxylation is 1. The number of aromatic nitrogens is 2. The predicted molar refractivity (Wildman–Crippen MR) is 89.7 cm³/mol. The lowest BCUT2D eigenvalue weighted by atomic mass is 10.1. The number of ether oxygens (including phenoxy) is 2. The van der Waals surface area contributed by atoms with Crippen molar-refractivity contribution in [1.29, 1.82) is 5.26 Å². The lowest BCUT2D eigenvalue weighted by Crippen LogP contribution is -2.15. The second kappa shape index (κ2) is 5.70. The molecular weight excluding hydrogens is 304 g/mol. The van der Waals surface area contributed by atoms with Crippen LogP contribution >= 0.6 is 0 Å². The average Bonchev–Trinajstić information content (AvgIpc) is 2.62. The van der Waals surface area contributed by atoms with Gasteiger partial charge in [-0.3, -0.25) is 0 Å². The van der Waals surface area contributed by atoms with Gasteiger partial charge < -0.3 is 14.8 Å². The Morgan fingerprint density at radius 3 is 2.71 bits per heavy atom. The van der Waals surface area contributed by atoms with Gasteiger partial charge in [0.15, 0.2) is 17.2 Å². The third kappa shape index (κ3) is 2.46. The largest absolute Gasteiger partial charge is 0.486 e. The molecule has 1 aromatic heterocycles. The second-order valence-corrected chi connectivity index (χ2v) is 5.54. The monoisotopic (exact) mass is 318 g/mol. The molecular formula is C18H14N4O2. The molecule has 0 radical (unpaired) electrons. The van der Waals surface area contributed by atoms with E-state index in [2.05, 4.69) is 21.6 Å². The number of nitriles is 1. The van der Waals surface area contributed by atoms with Crippen LogP contribution in [0.2, 0.25) is 0 Å². The molecule has 0 fully saturated rings. The van der Waals surface area contributed by atoms with Crippen molar-refractivity contribution in [2.75, 3.05) is 18.5 Å². The van der Waals surface area contributed by atoms with Gasteiger partial charge in [-0.15, -0.1) is 10.2 Å². The number of benzene rings is 2. The van der Waals surface area contributed by atoms with E-state index in [1.54, 1.807) is 0 Å². The van der Waals surface area contributed by atoms with Crippen LogP contribution in [0.4, 0.5) is 11.4 Å². The zero-order chi connectivity index (χ0) is 16.5. The van der Waals surface area contributed by atoms with Crippen molar-refractivity contribution < 1.29 is 9.47 Å². The van der Waals surface area contributed by atoms with Crippen molar-refractivity contribution in [2.24, 2.45) is 0 Å². The third-order valence-corrected chi connectivity index (χ3v) is 3.83. The van der Waals surface area contributed by atoms with Gasteiger partial charge in [-0.05, 0) is 31.2 Å². The number of nitrogens with zero attached hydrogens (tertiary/aromatic N) is 3. The minimum Gasteiger partial charge on any atom is -0.486 e. The van der Waals surface area contributed by atoms with Crippen LogP contribution in [0.5, 0.6) is 11.5 Å². The van der Waals surface area contributed by atoms with Gasteiger partial charge >= 0.3 is 0 Å². The maximum Gasteiger partial charge on any atom is 0.187 e. The first-order valence-electron chi connectivity index (χ1n) is 7.58. The van der Waals surface area contributed by atoms with E-state index in [1.807, 2.05) is 43.3 Å². The molecule has 0 saturated heterocycles. The topological polar surface area (TPSA) is 80.1 Å². The van der Waals surface area contributed by atoms with Crippen LogP contribution in [0, 0.1) is 18.3 Å².